The van der Waals surface area contributed by atoms with E-state index in [9.17, 15) is 12.8 Å². The quantitative estimate of drug-likeness (QED) is 0.918. The molecule has 0 aromatic heterocycles. The molecule has 1 aromatic rings. The van der Waals surface area contributed by atoms with Crippen molar-refractivity contribution in [2.24, 2.45) is 0 Å². The van der Waals surface area contributed by atoms with E-state index in [0.29, 0.717) is 6.54 Å². The monoisotopic (exact) mass is 292 g/mol. The first-order valence-electron chi connectivity index (χ1n) is 5.57. The van der Waals surface area contributed by atoms with Gasteiger partial charge in [-0.2, -0.15) is 4.31 Å². The Balaban J connectivity index is 2.37. The molecule has 0 radical (unpaired) electrons. The Bertz CT molecular complexity index is 544. The molecule has 7 heteroatoms. The molecule has 4 nitrogen and oxygen atoms in total. The van der Waals surface area contributed by atoms with Gasteiger partial charge in [-0.05, 0) is 31.2 Å². The van der Waals surface area contributed by atoms with E-state index >= 15 is 0 Å². The van der Waals surface area contributed by atoms with Crippen LogP contribution in [0.2, 0.25) is 5.02 Å². The summed E-state index contributed by atoms with van der Waals surface area (Å²) in [6.07, 6.45) is 0.720. The van der Waals surface area contributed by atoms with Gasteiger partial charge in [0, 0.05) is 24.7 Å². The molecular formula is C11H14ClFN2O2S. The van der Waals surface area contributed by atoms with Crippen LogP contribution >= 0.6 is 11.6 Å². The maximum atomic E-state index is 13.6. The Labute approximate surface area is 111 Å². The van der Waals surface area contributed by atoms with Crippen LogP contribution in [-0.2, 0) is 10.0 Å². The predicted octanol–water partition coefficient (Wildman–Crippen LogP) is 1.46. The van der Waals surface area contributed by atoms with Crippen molar-refractivity contribution in [2.75, 3.05) is 20.1 Å². The predicted molar refractivity (Wildman–Crippen MR) is 67.6 cm³/mol. The Kier molecular flexibility index (Phi) is 3.91. The molecule has 1 atom stereocenters. The zero-order valence-electron chi connectivity index (χ0n) is 9.86. The van der Waals surface area contributed by atoms with E-state index in [2.05, 4.69) is 5.32 Å². The molecule has 0 amide bonds. The van der Waals surface area contributed by atoms with Crippen molar-refractivity contribution >= 4 is 21.6 Å². The van der Waals surface area contributed by atoms with Gasteiger partial charge in [0.1, 0.15) is 10.7 Å². The van der Waals surface area contributed by atoms with Crippen LogP contribution in [0.15, 0.2) is 23.1 Å². The highest BCUT2D eigenvalue weighted by Gasteiger charge is 2.31. The zero-order valence-corrected chi connectivity index (χ0v) is 11.4. The van der Waals surface area contributed by atoms with Gasteiger partial charge in [0.15, 0.2) is 0 Å². The Morgan fingerprint density at radius 1 is 1.50 bits per heavy atom. The van der Waals surface area contributed by atoms with Crippen LogP contribution in [0, 0.1) is 5.82 Å². The van der Waals surface area contributed by atoms with E-state index in [1.807, 2.05) is 0 Å². The lowest BCUT2D eigenvalue weighted by atomic mass is 10.3. The fourth-order valence-corrected chi connectivity index (χ4v) is 3.69. The van der Waals surface area contributed by atoms with Crippen LogP contribution in [0.1, 0.15) is 6.42 Å². The smallest absolute Gasteiger partial charge is 0.246 e. The van der Waals surface area contributed by atoms with E-state index in [-0.39, 0.29) is 16.0 Å². The SMILES string of the molecule is CN(C1CCNC1)S(=O)(=O)c1cc(Cl)ccc1F. The first-order chi connectivity index (χ1) is 8.43. The second kappa shape index (κ2) is 5.13. The summed E-state index contributed by atoms with van der Waals surface area (Å²) in [5.74, 6) is -0.780. The summed E-state index contributed by atoms with van der Waals surface area (Å²) in [6.45, 7) is 1.35. The van der Waals surface area contributed by atoms with Crippen LogP contribution in [0.25, 0.3) is 0 Å². The van der Waals surface area contributed by atoms with Crippen molar-refractivity contribution in [1.29, 1.82) is 0 Å². The summed E-state index contributed by atoms with van der Waals surface area (Å²) in [6, 6.07) is 3.39. The van der Waals surface area contributed by atoms with Crippen LogP contribution < -0.4 is 5.32 Å². The fourth-order valence-electron chi connectivity index (χ4n) is 1.98. The molecule has 0 spiro atoms. The number of rotatable bonds is 3. The molecule has 1 saturated heterocycles. The first kappa shape index (κ1) is 13.7. The molecule has 1 aliphatic heterocycles. The summed E-state index contributed by atoms with van der Waals surface area (Å²) in [5, 5.41) is 3.28. The number of likely N-dealkylation sites (N-methyl/N-ethyl adjacent to an activating group) is 1. The van der Waals surface area contributed by atoms with E-state index in [0.717, 1.165) is 25.1 Å². The van der Waals surface area contributed by atoms with E-state index in [4.69, 9.17) is 11.6 Å². The van der Waals surface area contributed by atoms with Crippen molar-refractivity contribution < 1.29 is 12.8 Å². The highest BCUT2D eigenvalue weighted by Crippen LogP contribution is 2.24. The molecule has 1 fully saturated rings. The van der Waals surface area contributed by atoms with Gasteiger partial charge < -0.3 is 5.32 Å². The summed E-state index contributed by atoms with van der Waals surface area (Å²) in [4.78, 5) is -0.371. The summed E-state index contributed by atoms with van der Waals surface area (Å²) >= 11 is 5.73. The lowest BCUT2D eigenvalue weighted by Gasteiger charge is -2.23. The third kappa shape index (κ3) is 2.51. The first-order valence-corrected chi connectivity index (χ1v) is 7.38. The number of sulfonamides is 1. The Morgan fingerprint density at radius 2 is 2.22 bits per heavy atom. The van der Waals surface area contributed by atoms with Crippen molar-refractivity contribution in [2.45, 2.75) is 17.4 Å². The molecule has 1 aromatic carbocycles. The minimum absolute atomic E-state index is 0.145. The fraction of sp³-hybridized carbons (Fsp3) is 0.455. The molecule has 1 heterocycles. The van der Waals surface area contributed by atoms with E-state index in [1.54, 1.807) is 0 Å². The third-order valence-electron chi connectivity index (χ3n) is 3.10. The molecule has 100 valence electrons. The van der Waals surface area contributed by atoms with Crippen LogP contribution in [-0.4, -0.2) is 38.9 Å². The van der Waals surface area contributed by atoms with Crippen molar-refractivity contribution in [3.8, 4) is 0 Å². The number of nitrogens with zero attached hydrogens (tertiary/aromatic N) is 1. The van der Waals surface area contributed by atoms with Gasteiger partial charge in [0.2, 0.25) is 10.0 Å². The molecule has 2 rings (SSSR count). The topological polar surface area (TPSA) is 49.4 Å². The minimum Gasteiger partial charge on any atom is -0.315 e. The highest BCUT2D eigenvalue weighted by atomic mass is 35.5. The number of hydrogen-bond acceptors (Lipinski definition) is 3. The highest BCUT2D eigenvalue weighted by molar-refractivity contribution is 7.89. The van der Waals surface area contributed by atoms with Gasteiger partial charge in [-0.15, -0.1) is 0 Å². The number of hydrogen-bond donors (Lipinski definition) is 1. The molecule has 1 N–H and O–H groups in total. The lowest BCUT2D eigenvalue weighted by Crippen LogP contribution is -2.38. The van der Waals surface area contributed by atoms with Gasteiger partial charge >= 0.3 is 0 Å². The normalized spacial score (nSPS) is 20.6. The molecule has 1 unspecified atom stereocenters. The van der Waals surface area contributed by atoms with Crippen molar-refractivity contribution in [3.05, 3.63) is 29.0 Å². The summed E-state index contributed by atoms with van der Waals surface area (Å²) in [7, 11) is -2.38. The second-order valence-electron chi connectivity index (χ2n) is 4.24. The maximum absolute atomic E-state index is 13.6. The molecular weight excluding hydrogens is 279 g/mol. The number of benzene rings is 1. The molecule has 0 bridgehead atoms. The standard InChI is InChI=1S/C11H14ClFN2O2S/c1-15(9-4-5-14-7-9)18(16,17)11-6-8(12)2-3-10(11)13/h2-3,6,9,14H,4-5,7H2,1H3. The van der Waals surface area contributed by atoms with Crippen molar-refractivity contribution in [1.82, 2.24) is 9.62 Å². The Morgan fingerprint density at radius 3 is 2.83 bits per heavy atom. The second-order valence-corrected chi connectivity index (χ2v) is 6.64. The summed E-state index contributed by atoms with van der Waals surface area (Å²) in [5.41, 5.74) is 0. The summed E-state index contributed by atoms with van der Waals surface area (Å²) < 4.78 is 39.4. The van der Waals surface area contributed by atoms with Gasteiger partial charge in [-0.25, -0.2) is 12.8 Å². The van der Waals surface area contributed by atoms with E-state index < -0.39 is 15.8 Å². The minimum atomic E-state index is -3.84. The lowest BCUT2D eigenvalue weighted by molar-refractivity contribution is 0.385. The Hall–Kier alpha value is -0.690. The molecule has 0 aliphatic carbocycles. The van der Waals surface area contributed by atoms with Crippen LogP contribution in [0.5, 0.6) is 0 Å². The largest absolute Gasteiger partial charge is 0.315 e. The number of nitrogens with one attached hydrogen (secondary N) is 1. The average Bonchev–Trinajstić information content (AvgIpc) is 2.84. The number of halogens is 2. The average molecular weight is 293 g/mol. The maximum Gasteiger partial charge on any atom is 0.246 e. The molecule has 0 saturated carbocycles. The molecule has 18 heavy (non-hydrogen) atoms. The van der Waals surface area contributed by atoms with Gasteiger partial charge in [0.25, 0.3) is 0 Å². The van der Waals surface area contributed by atoms with Gasteiger partial charge in [0.05, 0.1) is 0 Å². The third-order valence-corrected chi connectivity index (χ3v) is 5.26. The van der Waals surface area contributed by atoms with Crippen LogP contribution in [0.4, 0.5) is 4.39 Å². The van der Waals surface area contributed by atoms with Gasteiger partial charge in [-0.3, -0.25) is 0 Å². The van der Waals surface area contributed by atoms with Gasteiger partial charge in [-0.1, -0.05) is 11.6 Å². The van der Waals surface area contributed by atoms with E-state index in [1.165, 1.54) is 17.4 Å². The molecule has 1 aliphatic rings. The zero-order chi connectivity index (χ0) is 13.3. The van der Waals surface area contributed by atoms with Crippen molar-refractivity contribution in [3.63, 3.8) is 0 Å². The van der Waals surface area contributed by atoms with Crippen LogP contribution in [0.3, 0.4) is 0 Å².